The molecule has 0 saturated carbocycles. The first-order chi connectivity index (χ1) is 49.0. The Morgan fingerprint density at radius 2 is 0.455 bits per heavy atom. The summed E-state index contributed by atoms with van der Waals surface area (Å²) in [4.78, 5) is 73.0. The highest BCUT2D eigenvalue weighted by Gasteiger charge is 2.30. The topological polar surface area (TPSA) is 237 Å². The molecule has 0 bridgehead atoms. The van der Waals surface area contributed by atoms with E-state index in [9.17, 15) is 43.2 Å². The number of aliphatic hydroxyl groups is 1. The van der Waals surface area contributed by atoms with Gasteiger partial charge < -0.3 is 33.8 Å². The number of esters is 4. The largest absolute Gasteiger partial charge is 0.472 e. The van der Waals surface area contributed by atoms with E-state index in [-0.39, 0.29) is 25.7 Å². The van der Waals surface area contributed by atoms with Gasteiger partial charge in [0, 0.05) is 25.7 Å². The van der Waals surface area contributed by atoms with Crippen LogP contribution < -0.4 is 0 Å². The summed E-state index contributed by atoms with van der Waals surface area (Å²) in [6.45, 7) is 7.27. The molecule has 0 aliphatic carbocycles. The molecular formula is C82H160O17P2. The zero-order valence-electron chi connectivity index (χ0n) is 66.1. The molecule has 0 aliphatic rings. The Morgan fingerprint density at radius 1 is 0.267 bits per heavy atom. The van der Waals surface area contributed by atoms with Gasteiger partial charge in [0.15, 0.2) is 12.2 Å². The summed E-state index contributed by atoms with van der Waals surface area (Å²) in [5.74, 6) is -1.40. The minimum atomic E-state index is -4.96. The van der Waals surface area contributed by atoms with Gasteiger partial charge in [0.2, 0.25) is 0 Å². The molecule has 17 nitrogen and oxygen atoms in total. The maximum absolute atomic E-state index is 13.1. The second-order valence-electron chi connectivity index (χ2n) is 30.0. The number of ether oxygens (including phenoxy) is 4. The quantitative estimate of drug-likeness (QED) is 0.0222. The number of phosphoric acid groups is 2. The highest BCUT2D eigenvalue weighted by atomic mass is 31.2. The summed E-state index contributed by atoms with van der Waals surface area (Å²) in [6.07, 6.45) is 66.9. The molecule has 0 aromatic carbocycles. The van der Waals surface area contributed by atoms with Crippen molar-refractivity contribution in [3.8, 4) is 0 Å². The molecule has 101 heavy (non-hydrogen) atoms. The number of carbonyl (C=O) groups excluding carboxylic acids is 4. The normalized spacial score (nSPS) is 13.8. The average molecular weight is 1480 g/mol. The molecule has 0 amide bonds. The second kappa shape index (κ2) is 74.9. The molecule has 2 unspecified atom stereocenters. The lowest BCUT2D eigenvalue weighted by Gasteiger charge is -2.21. The van der Waals surface area contributed by atoms with Gasteiger partial charge in [0.25, 0.3) is 0 Å². The van der Waals surface area contributed by atoms with Gasteiger partial charge in [0.05, 0.1) is 26.4 Å². The third-order valence-electron chi connectivity index (χ3n) is 19.3. The molecule has 0 saturated heterocycles. The molecule has 0 aliphatic heterocycles. The monoisotopic (exact) mass is 1480 g/mol. The van der Waals surface area contributed by atoms with E-state index in [1.54, 1.807) is 0 Å². The summed E-state index contributed by atoms with van der Waals surface area (Å²) in [5.41, 5.74) is 0. The van der Waals surface area contributed by atoms with Crippen LogP contribution in [-0.2, 0) is 65.4 Å². The molecule has 600 valence electrons. The summed E-state index contributed by atoms with van der Waals surface area (Å²) in [6, 6.07) is 0. The average Bonchev–Trinajstić information content (AvgIpc) is 0.920. The van der Waals surface area contributed by atoms with Crippen molar-refractivity contribution in [3.63, 3.8) is 0 Å². The molecule has 0 fully saturated rings. The first-order valence-electron chi connectivity index (χ1n) is 42.6. The van der Waals surface area contributed by atoms with Crippen molar-refractivity contribution in [2.45, 2.75) is 457 Å². The maximum atomic E-state index is 13.1. The predicted molar refractivity (Wildman–Crippen MR) is 414 cm³/mol. The van der Waals surface area contributed by atoms with E-state index >= 15 is 0 Å². The van der Waals surface area contributed by atoms with Crippen molar-refractivity contribution in [1.82, 2.24) is 0 Å². The van der Waals surface area contributed by atoms with Crippen molar-refractivity contribution < 1.29 is 80.2 Å². The lowest BCUT2D eigenvalue weighted by molar-refractivity contribution is -0.161. The van der Waals surface area contributed by atoms with E-state index in [2.05, 4.69) is 34.6 Å². The minimum absolute atomic E-state index is 0.107. The fourth-order valence-corrected chi connectivity index (χ4v) is 14.3. The molecule has 0 heterocycles. The van der Waals surface area contributed by atoms with Crippen LogP contribution >= 0.6 is 15.6 Å². The fourth-order valence-electron chi connectivity index (χ4n) is 12.8. The molecular weight excluding hydrogens is 1320 g/mol. The molecule has 0 radical (unpaired) electrons. The van der Waals surface area contributed by atoms with Crippen LogP contribution in [0.15, 0.2) is 0 Å². The fraction of sp³-hybridized carbons (Fsp3) is 0.951. The van der Waals surface area contributed by atoms with Gasteiger partial charge in [-0.05, 0) is 31.6 Å². The Kier molecular flexibility index (Phi) is 73.5. The lowest BCUT2D eigenvalue weighted by Crippen LogP contribution is -2.30. The number of aliphatic hydroxyl groups excluding tert-OH is 1. The van der Waals surface area contributed by atoms with Crippen LogP contribution in [0, 0.1) is 5.92 Å². The summed E-state index contributed by atoms with van der Waals surface area (Å²) in [7, 11) is -9.92. The number of rotatable bonds is 82. The van der Waals surface area contributed by atoms with Gasteiger partial charge in [-0.15, -0.1) is 0 Å². The Bertz CT molecular complexity index is 1930. The van der Waals surface area contributed by atoms with Gasteiger partial charge in [-0.3, -0.25) is 37.3 Å². The van der Waals surface area contributed by atoms with Gasteiger partial charge in [-0.2, -0.15) is 0 Å². The zero-order valence-corrected chi connectivity index (χ0v) is 67.8. The summed E-state index contributed by atoms with van der Waals surface area (Å²) in [5, 5.41) is 10.6. The zero-order chi connectivity index (χ0) is 74.1. The van der Waals surface area contributed by atoms with Crippen LogP contribution in [0.2, 0.25) is 0 Å². The summed E-state index contributed by atoms with van der Waals surface area (Å²) < 4.78 is 68.7. The van der Waals surface area contributed by atoms with Crippen LogP contribution in [0.25, 0.3) is 0 Å². The SMILES string of the molecule is CCCCCCCCCCCCCCCCCCCCCCCC(=O)O[C@H](COC(=O)CCCCCCCCCCCCCCCCCCCCC)COP(=O)(O)OC[C@@H](O)COP(=O)(O)OC[C@@H](COC(=O)CCCCCCCCCC(C)C)OC(=O)CCCCCCCCCCCCC. The van der Waals surface area contributed by atoms with Crippen LogP contribution in [-0.4, -0.2) is 96.7 Å². The van der Waals surface area contributed by atoms with E-state index in [1.165, 1.54) is 257 Å². The molecule has 0 aromatic heterocycles. The number of phosphoric ester groups is 2. The highest BCUT2D eigenvalue weighted by Crippen LogP contribution is 2.45. The van der Waals surface area contributed by atoms with Gasteiger partial charge in [-0.1, -0.05) is 388 Å². The Balaban J connectivity index is 5.19. The van der Waals surface area contributed by atoms with Crippen LogP contribution in [0.5, 0.6) is 0 Å². The Labute approximate surface area is 619 Å². The molecule has 5 atom stereocenters. The summed E-state index contributed by atoms with van der Waals surface area (Å²) >= 11 is 0. The van der Waals surface area contributed by atoms with E-state index in [0.717, 1.165) is 96.3 Å². The van der Waals surface area contributed by atoms with Crippen molar-refractivity contribution in [2.24, 2.45) is 5.92 Å². The number of unbranched alkanes of at least 4 members (excludes halogenated alkanes) is 54. The van der Waals surface area contributed by atoms with Crippen molar-refractivity contribution >= 4 is 39.5 Å². The number of hydrogen-bond acceptors (Lipinski definition) is 15. The number of carbonyl (C=O) groups is 4. The van der Waals surface area contributed by atoms with Crippen molar-refractivity contribution in [1.29, 1.82) is 0 Å². The number of hydrogen-bond donors (Lipinski definition) is 3. The molecule has 3 N–H and O–H groups in total. The van der Waals surface area contributed by atoms with Gasteiger partial charge in [-0.25, -0.2) is 9.13 Å². The van der Waals surface area contributed by atoms with Crippen molar-refractivity contribution in [3.05, 3.63) is 0 Å². The van der Waals surface area contributed by atoms with Crippen LogP contribution in [0.4, 0.5) is 0 Å². The van der Waals surface area contributed by atoms with E-state index in [1.807, 2.05) is 0 Å². The molecule has 19 heteroatoms. The molecule has 0 spiro atoms. The van der Waals surface area contributed by atoms with Gasteiger partial charge in [0.1, 0.15) is 19.3 Å². The standard InChI is InChI=1S/C82H160O17P2/c1-6-9-12-15-18-21-24-26-28-30-32-33-35-37-39-41-44-47-52-58-63-68-82(87)98-77(71-92-79(84)65-60-55-50-45-43-40-38-36-34-31-29-27-25-22-19-16-13-10-7-2)73-96-100(88,89)94-69-76(83)70-95-101(90,91)97-74-78(72-93-80(85)66-61-56-53-48-49-54-59-64-75(4)5)99-81(86)67-62-57-51-46-42-23-20-17-14-11-8-3/h75-78,83H,6-74H2,1-5H3,(H,88,89)(H,90,91)/t76-,77-,78-/m1/s1. The van der Waals surface area contributed by atoms with E-state index < -0.39 is 97.5 Å². The smallest absolute Gasteiger partial charge is 0.462 e. The molecule has 0 rings (SSSR count). The highest BCUT2D eigenvalue weighted by molar-refractivity contribution is 7.47. The predicted octanol–water partition coefficient (Wildman–Crippen LogP) is 24.8. The first-order valence-corrected chi connectivity index (χ1v) is 45.6. The Morgan fingerprint density at radius 3 is 0.673 bits per heavy atom. The minimum Gasteiger partial charge on any atom is -0.462 e. The Hall–Kier alpha value is -1.94. The van der Waals surface area contributed by atoms with Crippen LogP contribution in [0.3, 0.4) is 0 Å². The van der Waals surface area contributed by atoms with E-state index in [4.69, 9.17) is 37.0 Å². The van der Waals surface area contributed by atoms with Gasteiger partial charge >= 0.3 is 39.5 Å². The third kappa shape index (κ3) is 76.1. The first kappa shape index (κ1) is 99.1. The third-order valence-corrected chi connectivity index (χ3v) is 21.2. The second-order valence-corrected chi connectivity index (χ2v) is 32.9. The lowest BCUT2D eigenvalue weighted by atomic mass is 10.0. The maximum Gasteiger partial charge on any atom is 0.472 e. The molecule has 0 aromatic rings. The van der Waals surface area contributed by atoms with E-state index in [0.29, 0.717) is 31.6 Å². The van der Waals surface area contributed by atoms with Crippen molar-refractivity contribution in [2.75, 3.05) is 39.6 Å². The van der Waals surface area contributed by atoms with Crippen LogP contribution in [0.1, 0.15) is 439 Å².